The van der Waals surface area contributed by atoms with Crippen molar-refractivity contribution in [3.05, 3.63) is 70.3 Å². The molecule has 0 radical (unpaired) electrons. The highest BCUT2D eigenvalue weighted by molar-refractivity contribution is 7.80. The number of rotatable bonds is 4. The topological polar surface area (TPSA) is 55.1 Å². The van der Waals surface area contributed by atoms with Gasteiger partial charge in [-0.1, -0.05) is 48.1 Å². The summed E-state index contributed by atoms with van der Waals surface area (Å²) in [6, 6.07) is 13.4. The van der Waals surface area contributed by atoms with Crippen LogP contribution in [-0.2, 0) is 6.54 Å². The fourth-order valence-electron chi connectivity index (χ4n) is 2.18. The van der Waals surface area contributed by atoms with Crippen LogP contribution in [0.15, 0.2) is 42.5 Å². The van der Waals surface area contributed by atoms with Gasteiger partial charge in [0.15, 0.2) is 0 Å². The molecular weight excluding hydrogens is 280 g/mol. The van der Waals surface area contributed by atoms with Crippen molar-refractivity contribution in [2.24, 2.45) is 5.73 Å². The number of nitrogens with two attached hydrogens (primary N) is 1. The van der Waals surface area contributed by atoms with E-state index in [1.165, 1.54) is 0 Å². The predicted molar refractivity (Wildman–Crippen MR) is 89.4 cm³/mol. The minimum atomic E-state index is -0.0757. The van der Waals surface area contributed by atoms with Gasteiger partial charge in [0.05, 0.1) is 0 Å². The van der Waals surface area contributed by atoms with Crippen LogP contribution in [0.1, 0.15) is 32.6 Å². The van der Waals surface area contributed by atoms with Crippen molar-refractivity contribution in [1.29, 1.82) is 0 Å². The number of benzene rings is 2. The smallest absolute Gasteiger partial charge is 0.251 e. The number of aryl methyl sites for hydroxylation is 2. The summed E-state index contributed by atoms with van der Waals surface area (Å²) < 4.78 is 0. The van der Waals surface area contributed by atoms with Gasteiger partial charge in [-0.25, -0.2) is 0 Å². The average Bonchev–Trinajstić information content (AvgIpc) is 2.45. The second kappa shape index (κ2) is 6.50. The van der Waals surface area contributed by atoms with E-state index < -0.39 is 0 Å². The molecule has 0 atom stereocenters. The Labute approximate surface area is 130 Å². The third kappa shape index (κ3) is 3.89. The average molecular weight is 298 g/mol. The minimum Gasteiger partial charge on any atom is -0.389 e. The molecule has 4 heteroatoms. The molecule has 2 rings (SSSR count). The molecule has 0 bridgehead atoms. The fraction of sp³-hybridized carbons (Fsp3) is 0.176. The number of hydrogen-bond acceptors (Lipinski definition) is 2. The van der Waals surface area contributed by atoms with Gasteiger partial charge in [0.25, 0.3) is 5.91 Å². The Morgan fingerprint density at radius 2 is 1.95 bits per heavy atom. The summed E-state index contributed by atoms with van der Waals surface area (Å²) in [6.07, 6.45) is 0. The summed E-state index contributed by atoms with van der Waals surface area (Å²) in [7, 11) is 0. The molecule has 0 unspecified atom stereocenters. The van der Waals surface area contributed by atoms with Crippen LogP contribution in [0.2, 0.25) is 0 Å². The van der Waals surface area contributed by atoms with Gasteiger partial charge >= 0.3 is 0 Å². The predicted octanol–water partition coefficient (Wildman–Crippen LogP) is 2.87. The maximum absolute atomic E-state index is 12.2. The second-order valence-electron chi connectivity index (χ2n) is 5.07. The van der Waals surface area contributed by atoms with Gasteiger partial charge < -0.3 is 11.1 Å². The SMILES string of the molecule is Cc1ccc(C(=O)NCc2cccc(C(N)=S)c2)c(C)c1. The fourth-order valence-corrected chi connectivity index (χ4v) is 2.31. The van der Waals surface area contributed by atoms with Crippen molar-refractivity contribution in [2.75, 3.05) is 0 Å². The summed E-state index contributed by atoms with van der Waals surface area (Å²) in [5, 5.41) is 2.92. The molecule has 0 spiro atoms. The van der Waals surface area contributed by atoms with Crippen molar-refractivity contribution < 1.29 is 4.79 Å². The minimum absolute atomic E-state index is 0.0757. The molecule has 0 aliphatic rings. The Bertz CT molecular complexity index is 695. The summed E-state index contributed by atoms with van der Waals surface area (Å²) in [6.45, 7) is 4.40. The molecule has 3 N–H and O–H groups in total. The van der Waals surface area contributed by atoms with E-state index in [4.69, 9.17) is 18.0 Å². The molecule has 0 saturated carbocycles. The van der Waals surface area contributed by atoms with Crippen LogP contribution in [0.3, 0.4) is 0 Å². The van der Waals surface area contributed by atoms with E-state index >= 15 is 0 Å². The lowest BCUT2D eigenvalue weighted by Gasteiger charge is -2.09. The number of amides is 1. The lowest BCUT2D eigenvalue weighted by atomic mass is 10.0. The maximum Gasteiger partial charge on any atom is 0.251 e. The van der Waals surface area contributed by atoms with Gasteiger partial charge in [0.2, 0.25) is 0 Å². The highest BCUT2D eigenvalue weighted by atomic mass is 32.1. The van der Waals surface area contributed by atoms with Crippen molar-refractivity contribution in [3.63, 3.8) is 0 Å². The molecule has 0 saturated heterocycles. The van der Waals surface area contributed by atoms with Gasteiger partial charge in [0.1, 0.15) is 4.99 Å². The van der Waals surface area contributed by atoms with Gasteiger partial charge in [0, 0.05) is 17.7 Å². The number of nitrogens with one attached hydrogen (secondary N) is 1. The molecule has 0 aliphatic carbocycles. The van der Waals surface area contributed by atoms with E-state index in [0.29, 0.717) is 17.1 Å². The Balaban J connectivity index is 2.07. The third-order valence-electron chi connectivity index (χ3n) is 3.29. The van der Waals surface area contributed by atoms with Crippen molar-refractivity contribution in [2.45, 2.75) is 20.4 Å². The van der Waals surface area contributed by atoms with Gasteiger partial charge in [-0.15, -0.1) is 0 Å². The molecule has 108 valence electrons. The van der Waals surface area contributed by atoms with Crippen molar-refractivity contribution in [3.8, 4) is 0 Å². The van der Waals surface area contributed by atoms with Crippen LogP contribution in [0.4, 0.5) is 0 Å². The molecule has 3 nitrogen and oxygen atoms in total. The molecule has 0 fully saturated rings. The van der Waals surface area contributed by atoms with E-state index in [1.807, 2.05) is 56.3 Å². The molecule has 0 aromatic heterocycles. The molecule has 0 heterocycles. The first-order valence-corrected chi connectivity index (χ1v) is 7.12. The molecule has 1 amide bonds. The Morgan fingerprint density at radius 1 is 1.19 bits per heavy atom. The Kier molecular flexibility index (Phi) is 4.70. The zero-order valence-corrected chi connectivity index (χ0v) is 13.0. The van der Waals surface area contributed by atoms with Crippen LogP contribution < -0.4 is 11.1 Å². The van der Waals surface area contributed by atoms with Gasteiger partial charge in [-0.05, 0) is 37.1 Å². The first-order valence-electron chi connectivity index (χ1n) is 6.71. The van der Waals surface area contributed by atoms with Crippen LogP contribution >= 0.6 is 12.2 Å². The Morgan fingerprint density at radius 3 is 2.62 bits per heavy atom. The summed E-state index contributed by atoms with van der Waals surface area (Å²) >= 11 is 4.95. The lowest BCUT2D eigenvalue weighted by Crippen LogP contribution is -2.23. The van der Waals surface area contributed by atoms with Crippen molar-refractivity contribution in [1.82, 2.24) is 5.32 Å². The Hall–Kier alpha value is -2.20. The number of carbonyl (C=O) groups is 1. The van der Waals surface area contributed by atoms with Gasteiger partial charge in [-0.2, -0.15) is 0 Å². The number of hydrogen-bond donors (Lipinski definition) is 2. The molecule has 2 aromatic carbocycles. The molecule has 2 aromatic rings. The molecule has 21 heavy (non-hydrogen) atoms. The zero-order valence-electron chi connectivity index (χ0n) is 12.1. The summed E-state index contributed by atoms with van der Waals surface area (Å²) in [5.74, 6) is -0.0757. The van der Waals surface area contributed by atoms with Crippen LogP contribution in [0.5, 0.6) is 0 Å². The quantitative estimate of drug-likeness (QED) is 0.853. The summed E-state index contributed by atoms with van der Waals surface area (Å²) in [5.41, 5.74) is 10.2. The number of carbonyl (C=O) groups excluding carboxylic acids is 1. The number of thiocarbonyl (C=S) groups is 1. The first-order chi connectivity index (χ1) is 9.97. The molecular formula is C17H18N2OS. The normalized spacial score (nSPS) is 10.2. The second-order valence-corrected chi connectivity index (χ2v) is 5.51. The van der Waals surface area contributed by atoms with E-state index in [0.717, 1.165) is 22.3 Å². The first kappa shape index (κ1) is 15.2. The monoisotopic (exact) mass is 298 g/mol. The van der Waals surface area contributed by atoms with Crippen LogP contribution in [0.25, 0.3) is 0 Å². The van der Waals surface area contributed by atoms with Crippen LogP contribution in [0, 0.1) is 13.8 Å². The van der Waals surface area contributed by atoms with E-state index in [2.05, 4.69) is 5.32 Å². The summed E-state index contributed by atoms with van der Waals surface area (Å²) in [4.78, 5) is 12.6. The maximum atomic E-state index is 12.2. The molecule has 0 aliphatic heterocycles. The van der Waals surface area contributed by atoms with Crippen molar-refractivity contribution >= 4 is 23.1 Å². The van der Waals surface area contributed by atoms with Gasteiger partial charge in [-0.3, -0.25) is 4.79 Å². The van der Waals surface area contributed by atoms with Crippen LogP contribution in [-0.4, -0.2) is 10.9 Å². The van der Waals surface area contributed by atoms with E-state index in [1.54, 1.807) is 0 Å². The standard InChI is InChI=1S/C17H18N2OS/c1-11-6-7-15(12(2)8-11)17(20)19-10-13-4-3-5-14(9-13)16(18)21/h3-9H,10H2,1-2H3,(H2,18,21)(H,19,20). The van der Waals surface area contributed by atoms with E-state index in [-0.39, 0.29) is 5.91 Å². The largest absolute Gasteiger partial charge is 0.389 e. The zero-order chi connectivity index (χ0) is 15.4. The lowest BCUT2D eigenvalue weighted by molar-refractivity contribution is 0.0950. The third-order valence-corrected chi connectivity index (χ3v) is 3.53. The highest BCUT2D eigenvalue weighted by Gasteiger charge is 2.08. The van der Waals surface area contributed by atoms with E-state index in [9.17, 15) is 4.79 Å². The highest BCUT2D eigenvalue weighted by Crippen LogP contribution is 2.11.